The van der Waals surface area contributed by atoms with E-state index in [0.717, 1.165) is 15.6 Å². The fourth-order valence-electron chi connectivity index (χ4n) is 5.29. The van der Waals surface area contributed by atoms with Crippen LogP contribution in [-0.4, -0.2) is 38.5 Å². The third-order valence-electron chi connectivity index (χ3n) is 7.43. The van der Waals surface area contributed by atoms with Gasteiger partial charge in [0.1, 0.15) is 0 Å². The molecule has 0 amide bonds. The molecule has 202 valence electrons. The monoisotopic (exact) mass is 632 g/mol. The van der Waals surface area contributed by atoms with Crippen LogP contribution in [-0.2, 0) is 21.2 Å². The van der Waals surface area contributed by atoms with E-state index in [2.05, 4.69) is 20.8 Å². The molecule has 0 N–H and O–H groups in total. The summed E-state index contributed by atoms with van der Waals surface area (Å²) in [6.07, 6.45) is 7.59. The van der Waals surface area contributed by atoms with Crippen LogP contribution in [0.2, 0.25) is 13.3 Å². The summed E-state index contributed by atoms with van der Waals surface area (Å²) >= 11 is -2.47. The first kappa shape index (κ1) is 30.0. The van der Waals surface area contributed by atoms with E-state index < -0.39 is 28.2 Å². The van der Waals surface area contributed by atoms with E-state index in [9.17, 15) is 8.42 Å². The van der Waals surface area contributed by atoms with E-state index in [-0.39, 0.29) is 0 Å². The van der Waals surface area contributed by atoms with Crippen molar-refractivity contribution in [2.45, 2.75) is 89.0 Å². The Bertz CT molecular complexity index is 1200. The van der Waals surface area contributed by atoms with Gasteiger partial charge in [0.2, 0.25) is 0 Å². The molecule has 0 saturated carbocycles. The Balaban J connectivity index is 1.99. The summed E-state index contributed by atoms with van der Waals surface area (Å²) in [6.45, 7) is 7.22. The second-order valence-corrected chi connectivity index (χ2v) is 25.8. The van der Waals surface area contributed by atoms with Crippen molar-refractivity contribution in [2.75, 3.05) is 11.7 Å². The van der Waals surface area contributed by atoms with Crippen molar-refractivity contribution in [1.82, 2.24) is 0 Å². The maximum atomic E-state index is 13.7. The van der Waals surface area contributed by atoms with Crippen LogP contribution in [0.15, 0.2) is 70.5 Å². The van der Waals surface area contributed by atoms with Gasteiger partial charge in [-0.3, -0.25) is 0 Å². The number of sulfone groups is 1. The summed E-state index contributed by atoms with van der Waals surface area (Å²) in [7, 11) is -2.04. The minimum absolute atomic E-state index is 0.297. The predicted octanol–water partition coefficient (Wildman–Crippen LogP) is 8.59. The van der Waals surface area contributed by atoms with Crippen LogP contribution in [0.25, 0.3) is 10.8 Å². The van der Waals surface area contributed by atoms with Gasteiger partial charge in [0.15, 0.2) is 0 Å². The Kier molecular flexibility index (Phi) is 11.8. The molecule has 0 atom stereocenters. The van der Waals surface area contributed by atoms with Crippen molar-refractivity contribution in [3.8, 4) is 5.75 Å². The fourth-order valence-corrected chi connectivity index (χ4v) is 21.2. The summed E-state index contributed by atoms with van der Waals surface area (Å²) in [6, 6.07) is 18.1. The quantitative estimate of drug-likeness (QED) is 0.149. The summed E-state index contributed by atoms with van der Waals surface area (Å²) in [4.78, 5) is 0.609. The van der Waals surface area contributed by atoms with Crippen LogP contribution < -0.4 is 4.74 Å². The van der Waals surface area contributed by atoms with Crippen LogP contribution in [0.4, 0.5) is 0 Å². The second kappa shape index (κ2) is 14.5. The van der Waals surface area contributed by atoms with Gasteiger partial charge in [0.25, 0.3) is 0 Å². The van der Waals surface area contributed by atoms with Crippen LogP contribution in [0.5, 0.6) is 5.75 Å². The molecule has 0 bridgehead atoms. The Morgan fingerprint density at radius 3 is 1.84 bits per heavy atom. The van der Waals surface area contributed by atoms with Crippen molar-refractivity contribution in [1.29, 1.82) is 0 Å². The zero-order valence-electron chi connectivity index (χ0n) is 23.1. The fraction of sp³-hybridized carbons (Fsp3) is 0.484. The predicted molar refractivity (Wildman–Crippen MR) is 157 cm³/mol. The number of ether oxygens (including phenoxy) is 2. The van der Waals surface area contributed by atoms with Crippen molar-refractivity contribution < 1.29 is 17.9 Å². The number of benzene rings is 3. The van der Waals surface area contributed by atoms with Gasteiger partial charge in [-0.05, 0) is 0 Å². The molecule has 0 spiro atoms. The average Bonchev–Trinajstić information content (AvgIpc) is 2.93. The van der Waals surface area contributed by atoms with Gasteiger partial charge in [-0.15, -0.1) is 0 Å². The van der Waals surface area contributed by atoms with E-state index >= 15 is 0 Å². The SMILES string of the molecule is CCC[CH2][Sn]([CH2]CCC)([CH2]CCC)[CH2]OCc1cc(S(=O)(=O)c2ccccc2)c2ccccc2c1OC. The molecule has 0 aliphatic carbocycles. The van der Waals surface area contributed by atoms with Crippen LogP contribution in [0, 0.1) is 0 Å². The third-order valence-corrected chi connectivity index (χ3v) is 23.7. The van der Waals surface area contributed by atoms with Crippen LogP contribution >= 0.6 is 0 Å². The first-order valence-corrected chi connectivity index (χ1v) is 23.4. The summed E-state index contributed by atoms with van der Waals surface area (Å²) < 4.78 is 44.9. The summed E-state index contributed by atoms with van der Waals surface area (Å²) in [5.74, 6) is 0.707. The molecular formula is C31H44O4SSn. The third kappa shape index (κ3) is 7.51. The van der Waals surface area contributed by atoms with E-state index in [1.165, 1.54) is 51.8 Å². The molecular weight excluding hydrogens is 587 g/mol. The number of fused-ring (bicyclic) bond motifs is 1. The molecule has 3 aromatic carbocycles. The average molecular weight is 631 g/mol. The molecule has 0 fully saturated rings. The second-order valence-electron chi connectivity index (χ2n) is 10.2. The van der Waals surface area contributed by atoms with E-state index in [4.69, 9.17) is 9.47 Å². The Morgan fingerprint density at radius 2 is 1.30 bits per heavy atom. The van der Waals surface area contributed by atoms with E-state index in [1.54, 1.807) is 37.4 Å². The molecule has 0 aromatic heterocycles. The molecule has 0 saturated heterocycles. The molecule has 3 aromatic rings. The number of rotatable bonds is 16. The summed E-state index contributed by atoms with van der Waals surface area (Å²) in [5, 5.41) is 1.48. The molecule has 0 aliphatic rings. The topological polar surface area (TPSA) is 52.6 Å². The standard InChI is InChI=1S/C19H17O4S.3C4H9.Sn/c1-22-13-14-12-18(24(20,21)15-8-4-3-5-9-15)16-10-6-7-11-17(16)19(14)23-2;3*1-3-4-2;/h3-12H,1,13H2,2H3;3*1,3-4H2,2H3;. The molecule has 4 nitrogen and oxygen atoms in total. The first-order valence-electron chi connectivity index (χ1n) is 13.9. The van der Waals surface area contributed by atoms with E-state index in [0.29, 0.717) is 27.5 Å². The Hall–Kier alpha value is -1.57. The van der Waals surface area contributed by atoms with E-state index in [1.807, 2.05) is 30.3 Å². The zero-order valence-corrected chi connectivity index (χ0v) is 26.8. The number of hydrogen-bond donors (Lipinski definition) is 0. The molecule has 0 unspecified atom stereocenters. The number of hydrogen-bond acceptors (Lipinski definition) is 4. The van der Waals surface area contributed by atoms with Crippen LogP contribution in [0.3, 0.4) is 0 Å². The Morgan fingerprint density at radius 1 is 0.757 bits per heavy atom. The normalized spacial score (nSPS) is 12.2. The van der Waals surface area contributed by atoms with Crippen molar-refractivity contribution >= 4 is 39.0 Å². The Labute approximate surface area is 228 Å². The van der Waals surface area contributed by atoms with Gasteiger partial charge in [-0.1, -0.05) is 0 Å². The number of methoxy groups -OCH3 is 1. The number of unbranched alkanes of at least 4 members (excludes halogenated alkanes) is 3. The van der Waals surface area contributed by atoms with Gasteiger partial charge in [-0.2, -0.15) is 0 Å². The molecule has 0 heterocycles. The van der Waals surface area contributed by atoms with Gasteiger partial charge >= 0.3 is 230 Å². The van der Waals surface area contributed by atoms with Crippen molar-refractivity contribution in [3.05, 3.63) is 66.2 Å². The van der Waals surface area contributed by atoms with Crippen LogP contribution in [0.1, 0.15) is 64.9 Å². The first-order chi connectivity index (χ1) is 17.9. The minimum atomic E-state index is -3.70. The van der Waals surface area contributed by atoms with Gasteiger partial charge < -0.3 is 0 Å². The molecule has 6 heteroatoms. The zero-order chi connectivity index (χ0) is 26.7. The van der Waals surface area contributed by atoms with Gasteiger partial charge in [0.05, 0.1) is 0 Å². The molecule has 0 aliphatic heterocycles. The van der Waals surface area contributed by atoms with Crippen molar-refractivity contribution in [2.24, 2.45) is 0 Å². The maximum absolute atomic E-state index is 13.7. The summed E-state index contributed by atoms with van der Waals surface area (Å²) in [5.41, 5.74) is 0.803. The van der Waals surface area contributed by atoms with Crippen molar-refractivity contribution in [3.63, 3.8) is 0 Å². The van der Waals surface area contributed by atoms with Gasteiger partial charge in [-0.25, -0.2) is 0 Å². The molecule has 3 rings (SSSR count). The van der Waals surface area contributed by atoms with Gasteiger partial charge in [0, 0.05) is 0 Å². The molecule has 37 heavy (non-hydrogen) atoms. The molecule has 0 radical (unpaired) electrons.